The number of amides is 1. The zero-order chi connectivity index (χ0) is 6.85. The van der Waals surface area contributed by atoms with Gasteiger partial charge in [-0.25, -0.2) is 0 Å². The highest BCUT2D eigenvalue weighted by Gasteiger charge is 2.16. The van der Waals surface area contributed by atoms with E-state index in [1.165, 1.54) is 0 Å². The monoisotopic (exact) mass is 125 g/mol. The Morgan fingerprint density at radius 2 is 2.44 bits per heavy atom. The van der Waals surface area contributed by atoms with Crippen molar-refractivity contribution in [3.05, 3.63) is 12.2 Å². The molecule has 1 rings (SSSR count). The van der Waals surface area contributed by atoms with E-state index in [4.69, 9.17) is 0 Å². The Balaban J connectivity index is 2.54. The second-order valence-electron chi connectivity index (χ2n) is 2.62. The van der Waals surface area contributed by atoms with Gasteiger partial charge in [0.2, 0.25) is 5.91 Å². The number of hydrogen-bond acceptors (Lipinski definition) is 1. The van der Waals surface area contributed by atoms with Crippen molar-refractivity contribution in [2.45, 2.75) is 13.3 Å². The van der Waals surface area contributed by atoms with Crippen LogP contribution in [0.3, 0.4) is 0 Å². The van der Waals surface area contributed by atoms with Gasteiger partial charge in [0.05, 0.1) is 0 Å². The van der Waals surface area contributed by atoms with Gasteiger partial charge in [-0.3, -0.25) is 4.79 Å². The summed E-state index contributed by atoms with van der Waals surface area (Å²) < 4.78 is 0. The van der Waals surface area contributed by atoms with Crippen LogP contribution in [0.1, 0.15) is 13.3 Å². The maximum atomic E-state index is 10.7. The summed E-state index contributed by atoms with van der Waals surface area (Å²) in [4.78, 5) is 10.7. The molecule has 0 aromatic carbocycles. The van der Waals surface area contributed by atoms with Gasteiger partial charge in [0.15, 0.2) is 0 Å². The van der Waals surface area contributed by atoms with Crippen LogP contribution in [0.4, 0.5) is 0 Å². The van der Waals surface area contributed by atoms with Crippen molar-refractivity contribution in [1.82, 2.24) is 5.32 Å². The lowest BCUT2D eigenvalue weighted by molar-refractivity contribution is -0.118. The van der Waals surface area contributed by atoms with E-state index in [1.807, 2.05) is 0 Å². The molecule has 1 saturated heterocycles. The van der Waals surface area contributed by atoms with Crippen LogP contribution in [0.5, 0.6) is 0 Å². The highest BCUT2D eigenvalue weighted by atomic mass is 16.1. The molecule has 0 saturated carbocycles. The standard InChI is InChI=1S/C7H11NO/c1-5-3-6(2)7(9)8-4-5/h5H,2-4H2,1H3,(H,8,9)/t5-/m0/s1. The first-order chi connectivity index (χ1) is 4.20. The molecule has 1 heterocycles. The van der Waals surface area contributed by atoms with Crippen molar-refractivity contribution in [2.24, 2.45) is 5.92 Å². The third-order valence-corrected chi connectivity index (χ3v) is 1.53. The second kappa shape index (κ2) is 2.21. The molecule has 1 amide bonds. The molecule has 0 unspecified atom stereocenters. The van der Waals surface area contributed by atoms with E-state index in [-0.39, 0.29) is 5.91 Å². The van der Waals surface area contributed by atoms with Gasteiger partial charge in [-0.2, -0.15) is 0 Å². The minimum atomic E-state index is 0.0214. The molecule has 1 fully saturated rings. The van der Waals surface area contributed by atoms with Crippen LogP contribution in [-0.2, 0) is 4.79 Å². The molecule has 50 valence electrons. The van der Waals surface area contributed by atoms with E-state index >= 15 is 0 Å². The van der Waals surface area contributed by atoms with Gasteiger partial charge in [-0.1, -0.05) is 13.5 Å². The molecule has 1 aliphatic heterocycles. The summed E-state index contributed by atoms with van der Waals surface area (Å²) in [7, 11) is 0. The average molecular weight is 125 g/mol. The van der Waals surface area contributed by atoms with Crippen molar-refractivity contribution in [1.29, 1.82) is 0 Å². The number of piperidine rings is 1. The summed E-state index contributed by atoms with van der Waals surface area (Å²) in [6, 6.07) is 0. The summed E-state index contributed by atoms with van der Waals surface area (Å²) in [6.45, 7) is 6.54. The predicted molar refractivity (Wildman–Crippen MR) is 35.9 cm³/mol. The lowest BCUT2D eigenvalue weighted by Gasteiger charge is -2.19. The minimum absolute atomic E-state index is 0.0214. The number of carbonyl (C=O) groups is 1. The fourth-order valence-electron chi connectivity index (χ4n) is 0.977. The van der Waals surface area contributed by atoms with Crippen LogP contribution in [0.15, 0.2) is 12.2 Å². The lowest BCUT2D eigenvalue weighted by Crippen LogP contribution is -2.35. The molecule has 9 heavy (non-hydrogen) atoms. The number of rotatable bonds is 0. The van der Waals surface area contributed by atoms with Gasteiger partial charge >= 0.3 is 0 Å². The third kappa shape index (κ3) is 1.31. The molecule has 1 atom stereocenters. The van der Waals surface area contributed by atoms with E-state index in [2.05, 4.69) is 18.8 Å². The predicted octanol–water partition coefficient (Wildman–Crippen LogP) is 0.699. The van der Waals surface area contributed by atoms with Gasteiger partial charge in [-0.15, -0.1) is 0 Å². The molecular formula is C7H11NO. The molecule has 2 nitrogen and oxygen atoms in total. The first-order valence-electron chi connectivity index (χ1n) is 3.16. The molecular weight excluding hydrogens is 114 g/mol. The number of carbonyl (C=O) groups excluding carboxylic acids is 1. The maximum absolute atomic E-state index is 10.7. The molecule has 0 spiro atoms. The van der Waals surface area contributed by atoms with Crippen molar-refractivity contribution >= 4 is 5.91 Å². The van der Waals surface area contributed by atoms with Crippen molar-refractivity contribution < 1.29 is 4.79 Å². The molecule has 0 radical (unpaired) electrons. The highest BCUT2D eigenvalue weighted by Crippen LogP contribution is 2.12. The number of nitrogens with one attached hydrogen (secondary N) is 1. The van der Waals surface area contributed by atoms with E-state index in [9.17, 15) is 4.79 Å². The lowest BCUT2D eigenvalue weighted by atomic mass is 9.98. The highest BCUT2D eigenvalue weighted by molar-refractivity contribution is 5.93. The Hall–Kier alpha value is -0.790. The average Bonchev–Trinajstić information content (AvgIpc) is 1.80. The van der Waals surface area contributed by atoms with Crippen LogP contribution in [0, 0.1) is 5.92 Å². The summed E-state index contributed by atoms with van der Waals surface area (Å²) in [5.74, 6) is 0.586. The number of hydrogen-bond donors (Lipinski definition) is 1. The van der Waals surface area contributed by atoms with E-state index in [0.717, 1.165) is 13.0 Å². The van der Waals surface area contributed by atoms with Crippen LogP contribution >= 0.6 is 0 Å². The topological polar surface area (TPSA) is 29.1 Å². The van der Waals surface area contributed by atoms with Gasteiger partial charge < -0.3 is 5.32 Å². The van der Waals surface area contributed by atoms with Crippen LogP contribution < -0.4 is 5.32 Å². The Morgan fingerprint density at radius 3 is 2.89 bits per heavy atom. The Morgan fingerprint density at radius 1 is 1.78 bits per heavy atom. The van der Waals surface area contributed by atoms with E-state index in [0.29, 0.717) is 11.5 Å². The van der Waals surface area contributed by atoms with Gasteiger partial charge in [0.1, 0.15) is 0 Å². The molecule has 2 heteroatoms. The first kappa shape index (κ1) is 6.33. The van der Waals surface area contributed by atoms with Gasteiger partial charge in [0.25, 0.3) is 0 Å². The molecule has 1 aliphatic rings. The zero-order valence-electron chi connectivity index (χ0n) is 5.61. The molecule has 0 aliphatic carbocycles. The summed E-state index contributed by atoms with van der Waals surface area (Å²) >= 11 is 0. The third-order valence-electron chi connectivity index (χ3n) is 1.53. The Kier molecular flexibility index (Phi) is 1.56. The Bertz CT molecular complexity index is 151. The molecule has 0 aromatic heterocycles. The zero-order valence-corrected chi connectivity index (χ0v) is 5.61. The van der Waals surface area contributed by atoms with Gasteiger partial charge in [0, 0.05) is 12.1 Å². The van der Waals surface area contributed by atoms with Crippen molar-refractivity contribution in [2.75, 3.05) is 6.54 Å². The van der Waals surface area contributed by atoms with Crippen LogP contribution in [0.25, 0.3) is 0 Å². The second-order valence-corrected chi connectivity index (χ2v) is 2.62. The Labute approximate surface area is 54.9 Å². The smallest absolute Gasteiger partial charge is 0.246 e. The van der Waals surface area contributed by atoms with Crippen molar-refractivity contribution in [3.63, 3.8) is 0 Å². The summed E-state index contributed by atoms with van der Waals surface area (Å²) in [5, 5.41) is 2.74. The maximum Gasteiger partial charge on any atom is 0.246 e. The van der Waals surface area contributed by atoms with E-state index < -0.39 is 0 Å². The fourth-order valence-corrected chi connectivity index (χ4v) is 0.977. The summed E-state index contributed by atoms with van der Waals surface area (Å²) in [6.07, 6.45) is 0.853. The van der Waals surface area contributed by atoms with Crippen LogP contribution in [0.2, 0.25) is 0 Å². The van der Waals surface area contributed by atoms with E-state index in [1.54, 1.807) is 0 Å². The molecule has 0 aromatic rings. The summed E-state index contributed by atoms with van der Waals surface area (Å²) in [5.41, 5.74) is 0.716. The normalized spacial score (nSPS) is 27.9. The van der Waals surface area contributed by atoms with Crippen LogP contribution in [-0.4, -0.2) is 12.5 Å². The van der Waals surface area contributed by atoms with Gasteiger partial charge in [-0.05, 0) is 12.3 Å². The quantitative estimate of drug-likeness (QED) is 0.474. The minimum Gasteiger partial charge on any atom is -0.352 e. The molecule has 0 bridgehead atoms. The molecule has 1 N–H and O–H groups in total. The largest absolute Gasteiger partial charge is 0.352 e. The van der Waals surface area contributed by atoms with Crippen molar-refractivity contribution in [3.8, 4) is 0 Å². The fraction of sp³-hybridized carbons (Fsp3) is 0.571. The SMILES string of the molecule is C=C1C[C@H](C)CNC1=O. The first-order valence-corrected chi connectivity index (χ1v) is 3.16.